The fourth-order valence-corrected chi connectivity index (χ4v) is 2.85. The molecule has 2 unspecified atom stereocenters. The van der Waals surface area contributed by atoms with E-state index < -0.39 is 0 Å². The minimum atomic E-state index is -0.0791. The number of rotatable bonds is 6. The fourth-order valence-electron chi connectivity index (χ4n) is 2.67. The number of carbonyl (C=O) groups is 1. The van der Waals surface area contributed by atoms with E-state index in [4.69, 9.17) is 16.3 Å². The molecule has 6 nitrogen and oxygen atoms in total. The molecule has 0 radical (unpaired) electrons. The van der Waals surface area contributed by atoms with Gasteiger partial charge in [0.1, 0.15) is 11.9 Å². The van der Waals surface area contributed by atoms with Gasteiger partial charge in [-0.1, -0.05) is 17.7 Å². The van der Waals surface area contributed by atoms with Crippen molar-refractivity contribution in [1.82, 2.24) is 15.5 Å². The van der Waals surface area contributed by atoms with Gasteiger partial charge in [0.15, 0.2) is 5.96 Å². The topological polar surface area (TPSA) is 66.0 Å². The molecule has 1 aromatic carbocycles. The van der Waals surface area contributed by atoms with Crippen molar-refractivity contribution in [2.75, 3.05) is 26.7 Å². The summed E-state index contributed by atoms with van der Waals surface area (Å²) in [5, 5.41) is 7.30. The molecule has 0 spiro atoms. The highest BCUT2D eigenvalue weighted by molar-refractivity contribution is 14.0. The largest absolute Gasteiger partial charge is 0.489 e. The number of guanidine groups is 1. The van der Waals surface area contributed by atoms with Crippen molar-refractivity contribution in [2.45, 2.75) is 38.8 Å². The monoisotopic (exact) mass is 494 g/mol. The maximum Gasteiger partial charge on any atom is 0.222 e. The molecule has 2 atom stereocenters. The third-order valence-electron chi connectivity index (χ3n) is 3.95. The first-order chi connectivity index (χ1) is 12.0. The SMILES string of the molecule is CCNC(=NCC(C)Oc1cccc(Cl)c1)NC1CCC(=O)N(C)C1.I. The molecule has 1 heterocycles. The van der Waals surface area contributed by atoms with Crippen LogP contribution >= 0.6 is 35.6 Å². The molecule has 8 heteroatoms. The van der Waals surface area contributed by atoms with Gasteiger partial charge in [-0.2, -0.15) is 0 Å². The number of hydrogen-bond donors (Lipinski definition) is 2. The van der Waals surface area contributed by atoms with E-state index in [1.807, 2.05) is 39.1 Å². The number of amides is 1. The van der Waals surface area contributed by atoms with Crippen LogP contribution in [0.4, 0.5) is 0 Å². The second-order valence-corrected chi connectivity index (χ2v) is 6.70. The number of nitrogens with zero attached hydrogens (tertiary/aromatic N) is 2. The van der Waals surface area contributed by atoms with Crippen LogP contribution in [0.2, 0.25) is 5.02 Å². The van der Waals surface area contributed by atoms with Gasteiger partial charge in [-0.25, -0.2) is 4.99 Å². The summed E-state index contributed by atoms with van der Waals surface area (Å²) < 4.78 is 5.84. The van der Waals surface area contributed by atoms with Crippen molar-refractivity contribution in [3.05, 3.63) is 29.3 Å². The number of likely N-dealkylation sites (tertiary alicyclic amines) is 1. The molecule has 146 valence electrons. The van der Waals surface area contributed by atoms with Crippen LogP contribution in [0.5, 0.6) is 5.75 Å². The van der Waals surface area contributed by atoms with Crippen LogP contribution in [0.1, 0.15) is 26.7 Å². The standard InChI is InChI=1S/C18H27ClN4O2.HI/c1-4-20-18(22-15-8-9-17(24)23(3)12-15)21-11-13(2)25-16-7-5-6-14(19)10-16;/h5-7,10,13,15H,4,8-9,11-12H2,1-3H3,(H2,20,21,22);1H. The van der Waals surface area contributed by atoms with Gasteiger partial charge in [0.2, 0.25) is 5.91 Å². The predicted molar refractivity (Wildman–Crippen MR) is 117 cm³/mol. The minimum absolute atomic E-state index is 0. The van der Waals surface area contributed by atoms with Crippen LogP contribution in [0.25, 0.3) is 0 Å². The van der Waals surface area contributed by atoms with E-state index in [2.05, 4.69) is 15.6 Å². The van der Waals surface area contributed by atoms with Gasteiger partial charge in [0.25, 0.3) is 0 Å². The van der Waals surface area contributed by atoms with Gasteiger partial charge in [0.05, 0.1) is 6.54 Å². The van der Waals surface area contributed by atoms with Crippen LogP contribution in [-0.4, -0.2) is 55.6 Å². The summed E-state index contributed by atoms with van der Waals surface area (Å²) in [5.74, 6) is 1.68. The summed E-state index contributed by atoms with van der Waals surface area (Å²) >= 11 is 5.97. The zero-order valence-corrected chi connectivity index (χ0v) is 18.6. The summed E-state index contributed by atoms with van der Waals surface area (Å²) in [6.07, 6.45) is 1.31. The van der Waals surface area contributed by atoms with Crippen LogP contribution in [0, 0.1) is 0 Å². The molecule has 1 fully saturated rings. The number of hydrogen-bond acceptors (Lipinski definition) is 3. The van der Waals surface area contributed by atoms with Crippen LogP contribution < -0.4 is 15.4 Å². The fraction of sp³-hybridized carbons (Fsp3) is 0.556. The van der Waals surface area contributed by atoms with E-state index in [1.165, 1.54) is 0 Å². The molecule has 2 rings (SSSR count). The van der Waals surface area contributed by atoms with Crippen molar-refractivity contribution >= 4 is 47.4 Å². The Morgan fingerprint density at radius 1 is 1.50 bits per heavy atom. The minimum Gasteiger partial charge on any atom is -0.489 e. The van der Waals surface area contributed by atoms with Gasteiger partial charge < -0.3 is 20.3 Å². The molecule has 1 aliphatic rings. The smallest absolute Gasteiger partial charge is 0.222 e. The Morgan fingerprint density at radius 3 is 2.92 bits per heavy atom. The Labute approximate surface area is 177 Å². The van der Waals surface area contributed by atoms with Crippen molar-refractivity contribution in [3.63, 3.8) is 0 Å². The molecule has 0 bridgehead atoms. The van der Waals surface area contributed by atoms with Gasteiger partial charge in [-0.15, -0.1) is 24.0 Å². The predicted octanol–water partition coefficient (Wildman–Crippen LogP) is 2.90. The second-order valence-electron chi connectivity index (χ2n) is 6.26. The molecule has 1 aromatic rings. The van der Waals surface area contributed by atoms with Crippen molar-refractivity contribution in [1.29, 1.82) is 0 Å². The Morgan fingerprint density at radius 2 is 2.27 bits per heavy atom. The number of benzene rings is 1. The highest BCUT2D eigenvalue weighted by Crippen LogP contribution is 2.18. The summed E-state index contributed by atoms with van der Waals surface area (Å²) in [6, 6.07) is 7.56. The summed E-state index contributed by atoms with van der Waals surface area (Å²) in [5.41, 5.74) is 0. The molecule has 0 aliphatic carbocycles. The van der Waals surface area contributed by atoms with E-state index in [1.54, 1.807) is 11.0 Å². The number of piperidine rings is 1. The second kappa shape index (κ2) is 11.5. The molecule has 0 aromatic heterocycles. The summed E-state index contributed by atoms with van der Waals surface area (Å²) in [4.78, 5) is 18.0. The van der Waals surface area contributed by atoms with Crippen molar-refractivity contribution in [3.8, 4) is 5.75 Å². The number of aliphatic imine (C=N–C) groups is 1. The molecular formula is C18H28ClIN4O2. The third-order valence-corrected chi connectivity index (χ3v) is 4.19. The average molecular weight is 495 g/mol. The van der Waals surface area contributed by atoms with Gasteiger partial charge in [-0.3, -0.25) is 4.79 Å². The highest BCUT2D eigenvalue weighted by Gasteiger charge is 2.23. The Hall–Kier alpha value is -1.22. The van der Waals surface area contributed by atoms with E-state index in [-0.39, 0.29) is 42.0 Å². The Bertz CT molecular complexity index is 615. The van der Waals surface area contributed by atoms with E-state index in [0.717, 1.165) is 24.7 Å². The summed E-state index contributed by atoms with van der Waals surface area (Å²) in [7, 11) is 1.83. The van der Waals surface area contributed by atoms with Crippen LogP contribution in [0.15, 0.2) is 29.3 Å². The van der Waals surface area contributed by atoms with Gasteiger partial charge in [-0.05, 0) is 38.5 Å². The first kappa shape index (κ1) is 22.8. The molecular weight excluding hydrogens is 467 g/mol. The Kier molecular flexibility index (Phi) is 10.1. The molecule has 0 saturated carbocycles. The quantitative estimate of drug-likeness (QED) is 0.363. The van der Waals surface area contributed by atoms with Crippen molar-refractivity contribution < 1.29 is 9.53 Å². The summed E-state index contributed by atoms with van der Waals surface area (Å²) in [6.45, 7) is 5.98. The number of likely N-dealkylation sites (N-methyl/N-ethyl adjacent to an activating group) is 1. The average Bonchev–Trinajstić information content (AvgIpc) is 2.56. The normalized spacial score (nSPS) is 18.8. The van der Waals surface area contributed by atoms with Crippen molar-refractivity contribution in [2.24, 2.45) is 4.99 Å². The van der Waals surface area contributed by atoms with Crippen LogP contribution in [0.3, 0.4) is 0 Å². The van der Waals surface area contributed by atoms with Gasteiger partial charge >= 0.3 is 0 Å². The lowest BCUT2D eigenvalue weighted by Crippen LogP contribution is -2.51. The molecule has 1 saturated heterocycles. The third kappa shape index (κ3) is 7.57. The lowest BCUT2D eigenvalue weighted by molar-refractivity contribution is -0.132. The van der Waals surface area contributed by atoms with E-state index in [0.29, 0.717) is 24.5 Å². The molecule has 26 heavy (non-hydrogen) atoms. The highest BCUT2D eigenvalue weighted by atomic mass is 127. The molecule has 2 N–H and O–H groups in total. The Balaban J connectivity index is 0.00000338. The van der Waals surface area contributed by atoms with E-state index >= 15 is 0 Å². The number of carbonyl (C=O) groups excluding carboxylic acids is 1. The lowest BCUT2D eigenvalue weighted by Gasteiger charge is -2.31. The zero-order valence-electron chi connectivity index (χ0n) is 15.5. The number of ether oxygens (including phenoxy) is 1. The number of halogens is 2. The maximum absolute atomic E-state index is 11.6. The van der Waals surface area contributed by atoms with Crippen LogP contribution in [-0.2, 0) is 4.79 Å². The first-order valence-electron chi connectivity index (χ1n) is 8.69. The van der Waals surface area contributed by atoms with Gasteiger partial charge in [0, 0.05) is 37.6 Å². The molecule has 1 amide bonds. The molecule has 1 aliphatic heterocycles. The van der Waals surface area contributed by atoms with E-state index in [9.17, 15) is 4.79 Å². The lowest BCUT2D eigenvalue weighted by atomic mass is 10.1. The maximum atomic E-state index is 11.6. The first-order valence-corrected chi connectivity index (χ1v) is 9.06. The zero-order chi connectivity index (χ0) is 18.2. The number of nitrogens with one attached hydrogen (secondary N) is 2.